The van der Waals surface area contributed by atoms with E-state index in [0.717, 1.165) is 6.07 Å². The van der Waals surface area contributed by atoms with Crippen molar-refractivity contribution in [3.63, 3.8) is 0 Å². The Morgan fingerprint density at radius 1 is 1.46 bits per heavy atom. The van der Waals surface area contributed by atoms with E-state index in [4.69, 9.17) is 0 Å². The predicted molar refractivity (Wildman–Crippen MR) is 39.1 cm³/mol. The van der Waals surface area contributed by atoms with Crippen LogP contribution in [0.5, 0.6) is 11.5 Å². The number of nitro groups is 1. The van der Waals surface area contributed by atoms with Crippen molar-refractivity contribution < 1.29 is 66.2 Å². The van der Waals surface area contributed by atoms with Crippen LogP contribution in [0.25, 0.3) is 0 Å². The van der Waals surface area contributed by atoms with Crippen LogP contribution in [-0.2, 0) is 0 Å². The van der Waals surface area contributed by atoms with Crippen LogP contribution in [0.2, 0.25) is 0 Å². The molecule has 13 heavy (non-hydrogen) atoms. The van der Waals surface area contributed by atoms with E-state index in [1.165, 1.54) is 19.2 Å². The Labute approximate surface area is 117 Å². The molecule has 1 aromatic carbocycles. The molecule has 0 aliphatic carbocycles. The summed E-state index contributed by atoms with van der Waals surface area (Å²) in [4.78, 5) is 9.55. The maximum absolute atomic E-state index is 10.9. The van der Waals surface area contributed by atoms with Gasteiger partial charge in [-0.05, 0) is 6.07 Å². The van der Waals surface area contributed by atoms with E-state index in [0.29, 0.717) is 0 Å². The maximum atomic E-state index is 10.9. The number of non-ortho nitro benzene ring substituents is 1. The summed E-state index contributed by atoms with van der Waals surface area (Å²) in [5, 5.41) is 21.1. The zero-order valence-corrected chi connectivity index (χ0v) is 10.4. The second-order valence-corrected chi connectivity index (χ2v) is 2.09. The van der Waals surface area contributed by atoms with Gasteiger partial charge >= 0.3 is 51.4 Å². The van der Waals surface area contributed by atoms with Crippen molar-refractivity contribution in [3.8, 4) is 11.5 Å². The van der Waals surface area contributed by atoms with Crippen molar-refractivity contribution in [2.75, 3.05) is 7.11 Å². The summed E-state index contributed by atoms with van der Waals surface area (Å²) in [7, 11) is 1.34. The molecule has 0 saturated heterocycles. The number of nitrogens with zero attached hydrogens (tertiary/aromatic N) is 1. The van der Waals surface area contributed by atoms with Crippen molar-refractivity contribution in [1.82, 2.24) is 0 Å². The molecule has 64 valence electrons. The first-order valence-electron chi connectivity index (χ1n) is 3.14. The van der Waals surface area contributed by atoms with Gasteiger partial charge in [-0.3, -0.25) is 10.1 Å². The van der Waals surface area contributed by atoms with Crippen LogP contribution < -0.4 is 61.2 Å². The summed E-state index contributed by atoms with van der Waals surface area (Å²) in [5.41, 5.74) is -0.221. The largest absolute Gasteiger partial charge is 1.00 e. The predicted octanol–water partition coefficient (Wildman–Crippen LogP) is -2.32. The molecule has 0 bridgehead atoms. The molecule has 0 aromatic heterocycles. The quantitative estimate of drug-likeness (QED) is 0.310. The van der Waals surface area contributed by atoms with Gasteiger partial charge in [-0.15, -0.1) is 0 Å². The van der Waals surface area contributed by atoms with E-state index in [1.807, 2.05) is 0 Å². The summed E-state index contributed by atoms with van der Waals surface area (Å²) in [6.45, 7) is 0. The van der Waals surface area contributed by atoms with Crippen LogP contribution >= 0.6 is 0 Å². The van der Waals surface area contributed by atoms with Crippen molar-refractivity contribution in [2.45, 2.75) is 0 Å². The van der Waals surface area contributed by atoms with Crippen LogP contribution in [-0.4, -0.2) is 12.0 Å². The van der Waals surface area contributed by atoms with Gasteiger partial charge in [-0.25, -0.2) is 0 Å². The first-order valence-corrected chi connectivity index (χ1v) is 3.14. The minimum atomic E-state index is -0.624. The summed E-state index contributed by atoms with van der Waals surface area (Å²) in [5.74, 6) is -0.368. The number of rotatable bonds is 2. The first-order chi connectivity index (χ1) is 5.65. The number of benzene rings is 1. The zero-order chi connectivity index (χ0) is 9.14. The number of hydrogen-bond donors (Lipinski definition) is 0. The van der Waals surface area contributed by atoms with Crippen LogP contribution in [0.15, 0.2) is 18.2 Å². The number of nitro benzene ring substituents is 1. The molecule has 1 aromatic rings. The summed E-state index contributed by atoms with van der Waals surface area (Å²) >= 11 is 0. The zero-order valence-electron chi connectivity index (χ0n) is 7.31. The minimum absolute atomic E-state index is 0. The average Bonchev–Trinajstić information content (AvgIpc) is 2.04. The molecule has 6 heteroatoms. The Hall–Kier alpha value is -0.144. The molecule has 5 nitrogen and oxygen atoms in total. The Morgan fingerprint density at radius 2 is 2.08 bits per heavy atom. The van der Waals surface area contributed by atoms with Crippen molar-refractivity contribution in [1.29, 1.82) is 0 Å². The second-order valence-electron chi connectivity index (χ2n) is 2.09. The van der Waals surface area contributed by atoms with E-state index in [9.17, 15) is 15.2 Å². The van der Waals surface area contributed by atoms with Gasteiger partial charge in [0.2, 0.25) is 0 Å². The van der Waals surface area contributed by atoms with Crippen molar-refractivity contribution >= 4 is 5.69 Å². The summed E-state index contributed by atoms with van der Waals surface area (Å²) in [6, 6.07) is 3.43. The third-order valence-electron chi connectivity index (χ3n) is 1.36. The van der Waals surface area contributed by atoms with Crippen LogP contribution in [0.4, 0.5) is 5.69 Å². The monoisotopic (exact) mass is 207 g/mol. The van der Waals surface area contributed by atoms with Crippen LogP contribution in [0.1, 0.15) is 0 Å². The molecule has 0 N–H and O–H groups in total. The molecule has 0 spiro atoms. The fraction of sp³-hybridized carbons (Fsp3) is 0.143. The number of ether oxygens (including phenoxy) is 1. The Morgan fingerprint density at radius 3 is 2.46 bits per heavy atom. The van der Waals surface area contributed by atoms with Gasteiger partial charge in [0.15, 0.2) is 0 Å². The second kappa shape index (κ2) is 5.56. The normalized spacial score (nSPS) is 8.69. The van der Waals surface area contributed by atoms with Gasteiger partial charge in [0.05, 0.1) is 12.0 Å². The molecule has 0 radical (unpaired) electrons. The average molecular weight is 207 g/mol. The fourth-order valence-corrected chi connectivity index (χ4v) is 0.779. The van der Waals surface area contributed by atoms with Gasteiger partial charge in [0, 0.05) is 12.1 Å². The standard InChI is InChI=1S/C7H7NO4.K/c1-12-7-3-2-5(8(10)11)4-6(7)9;/h2-4,9H,1H3;/q;+1/p-1. The van der Waals surface area contributed by atoms with E-state index in [2.05, 4.69) is 4.74 Å². The van der Waals surface area contributed by atoms with E-state index < -0.39 is 10.7 Å². The van der Waals surface area contributed by atoms with Gasteiger partial charge in [0.1, 0.15) is 5.75 Å². The SMILES string of the molecule is COc1ccc([N+](=O)[O-])cc1[O-].[K+]. The molecule has 0 heterocycles. The molecular weight excluding hydrogens is 201 g/mol. The van der Waals surface area contributed by atoms with Gasteiger partial charge < -0.3 is 9.84 Å². The minimum Gasteiger partial charge on any atom is -0.870 e. The Balaban J connectivity index is 0.00000144. The molecule has 1 rings (SSSR count). The third kappa shape index (κ3) is 3.24. The topological polar surface area (TPSA) is 75.4 Å². The van der Waals surface area contributed by atoms with E-state index in [-0.39, 0.29) is 62.8 Å². The van der Waals surface area contributed by atoms with Gasteiger partial charge in [-0.1, -0.05) is 5.75 Å². The number of hydrogen-bond acceptors (Lipinski definition) is 4. The first kappa shape index (κ1) is 12.9. The molecular formula is C7H6KNO4. The fourth-order valence-electron chi connectivity index (χ4n) is 0.779. The molecule has 0 atom stereocenters. The third-order valence-corrected chi connectivity index (χ3v) is 1.36. The molecule has 0 fully saturated rings. The van der Waals surface area contributed by atoms with E-state index in [1.54, 1.807) is 0 Å². The maximum Gasteiger partial charge on any atom is 1.00 e. The number of methoxy groups -OCH3 is 1. The van der Waals surface area contributed by atoms with Crippen molar-refractivity contribution in [3.05, 3.63) is 28.3 Å². The summed E-state index contributed by atoms with van der Waals surface area (Å²) in [6.07, 6.45) is 0. The van der Waals surface area contributed by atoms with Crippen LogP contribution in [0.3, 0.4) is 0 Å². The smallest absolute Gasteiger partial charge is 0.870 e. The molecule has 0 aliphatic heterocycles. The molecule has 0 saturated carbocycles. The Kier molecular flexibility index (Phi) is 5.50. The molecule has 0 unspecified atom stereocenters. The summed E-state index contributed by atoms with van der Waals surface area (Å²) < 4.78 is 4.64. The molecule has 0 aliphatic rings. The van der Waals surface area contributed by atoms with E-state index >= 15 is 0 Å². The van der Waals surface area contributed by atoms with Gasteiger partial charge in [0.25, 0.3) is 5.69 Å². The Bertz CT molecular complexity index is 315. The van der Waals surface area contributed by atoms with Crippen LogP contribution in [0, 0.1) is 10.1 Å². The molecule has 0 amide bonds. The van der Waals surface area contributed by atoms with Gasteiger partial charge in [-0.2, -0.15) is 0 Å². The van der Waals surface area contributed by atoms with Crippen molar-refractivity contribution in [2.24, 2.45) is 0 Å².